The third kappa shape index (κ3) is 2.43. The summed E-state index contributed by atoms with van der Waals surface area (Å²) < 4.78 is 5.24. The SMILES string of the molecule is CCC(COC)N1C(=O)C(C)NC1c1cccs1. The zero-order valence-corrected chi connectivity index (χ0v) is 11.9. The van der Waals surface area contributed by atoms with Crippen LogP contribution in [0.15, 0.2) is 17.5 Å². The minimum absolute atomic E-state index is 0.00685. The Morgan fingerprint density at radius 2 is 2.39 bits per heavy atom. The minimum Gasteiger partial charge on any atom is -0.383 e. The monoisotopic (exact) mass is 268 g/mol. The normalized spacial score (nSPS) is 25.7. The van der Waals surface area contributed by atoms with Gasteiger partial charge < -0.3 is 9.64 Å². The molecular formula is C13H20N2O2S. The van der Waals surface area contributed by atoms with Crippen molar-refractivity contribution in [3.8, 4) is 0 Å². The van der Waals surface area contributed by atoms with Crippen molar-refractivity contribution in [3.63, 3.8) is 0 Å². The molecule has 18 heavy (non-hydrogen) atoms. The lowest BCUT2D eigenvalue weighted by atomic mass is 10.2. The largest absolute Gasteiger partial charge is 0.383 e. The summed E-state index contributed by atoms with van der Waals surface area (Å²) in [7, 11) is 1.68. The van der Waals surface area contributed by atoms with Crippen molar-refractivity contribution in [2.45, 2.75) is 38.5 Å². The Balaban J connectivity index is 2.25. The average molecular weight is 268 g/mol. The molecule has 1 aliphatic rings. The number of hydrogen-bond acceptors (Lipinski definition) is 4. The molecule has 1 amide bonds. The number of methoxy groups -OCH3 is 1. The van der Waals surface area contributed by atoms with Gasteiger partial charge in [0.15, 0.2) is 0 Å². The first-order valence-corrected chi connectivity index (χ1v) is 7.17. The lowest BCUT2D eigenvalue weighted by Gasteiger charge is -2.31. The van der Waals surface area contributed by atoms with E-state index in [-0.39, 0.29) is 24.2 Å². The zero-order chi connectivity index (χ0) is 13.1. The summed E-state index contributed by atoms with van der Waals surface area (Å²) in [5.74, 6) is 0.164. The van der Waals surface area contributed by atoms with Gasteiger partial charge in [0.05, 0.1) is 18.7 Å². The fraction of sp³-hybridized carbons (Fsp3) is 0.615. The molecular weight excluding hydrogens is 248 g/mol. The number of hydrogen-bond donors (Lipinski definition) is 1. The Labute approximate surface area is 112 Å². The highest BCUT2D eigenvalue weighted by Crippen LogP contribution is 2.31. The Morgan fingerprint density at radius 3 is 2.94 bits per heavy atom. The van der Waals surface area contributed by atoms with E-state index in [4.69, 9.17) is 4.74 Å². The van der Waals surface area contributed by atoms with Crippen LogP contribution in [0.1, 0.15) is 31.3 Å². The summed E-state index contributed by atoms with van der Waals surface area (Å²) in [6.45, 7) is 4.59. The van der Waals surface area contributed by atoms with Gasteiger partial charge in [0.25, 0.3) is 0 Å². The number of carbonyl (C=O) groups excluding carboxylic acids is 1. The van der Waals surface area contributed by atoms with Crippen molar-refractivity contribution in [2.24, 2.45) is 0 Å². The van der Waals surface area contributed by atoms with E-state index in [1.807, 2.05) is 23.3 Å². The Hall–Kier alpha value is -0.910. The molecule has 1 aliphatic heterocycles. The molecule has 4 nitrogen and oxygen atoms in total. The maximum absolute atomic E-state index is 12.3. The van der Waals surface area contributed by atoms with Crippen LogP contribution in [0.5, 0.6) is 0 Å². The third-order valence-corrected chi connectivity index (χ3v) is 4.27. The van der Waals surface area contributed by atoms with Crippen LogP contribution >= 0.6 is 11.3 Å². The summed E-state index contributed by atoms with van der Waals surface area (Å²) in [6, 6.07) is 4.10. The molecule has 0 saturated carbocycles. The summed E-state index contributed by atoms with van der Waals surface area (Å²) in [5, 5.41) is 5.40. The van der Waals surface area contributed by atoms with Crippen molar-refractivity contribution in [2.75, 3.05) is 13.7 Å². The molecule has 1 N–H and O–H groups in total. The summed E-state index contributed by atoms with van der Waals surface area (Å²) in [5.41, 5.74) is 0. The number of carbonyl (C=O) groups is 1. The average Bonchev–Trinajstić information content (AvgIpc) is 2.97. The highest BCUT2D eigenvalue weighted by atomic mass is 32.1. The molecule has 1 aromatic heterocycles. The smallest absolute Gasteiger partial charge is 0.241 e. The number of ether oxygens (including phenoxy) is 1. The maximum Gasteiger partial charge on any atom is 0.241 e. The summed E-state index contributed by atoms with van der Waals surface area (Å²) in [4.78, 5) is 15.4. The molecule has 0 bridgehead atoms. The molecule has 0 aromatic carbocycles. The van der Waals surface area contributed by atoms with Gasteiger partial charge in [-0.3, -0.25) is 10.1 Å². The van der Waals surface area contributed by atoms with Crippen LogP contribution in [0.3, 0.4) is 0 Å². The molecule has 1 saturated heterocycles. The minimum atomic E-state index is -0.122. The van der Waals surface area contributed by atoms with Crippen molar-refractivity contribution < 1.29 is 9.53 Å². The fourth-order valence-corrected chi connectivity index (χ4v) is 3.17. The van der Waals surface area contributed by atoms with E-state index in [0.29, 0.717) is 6.61 Å². The van der Waals surface area contributed by atoms with E-state index in [1.165, 1.54) is 4.88 Å². The van der Waals surface area contributed by atoms with Gasteiger partial charge in [-0.25, -0.2) is 0 Å². The van der Waals surface area contributed by atoms with Gasteiger partial charge in [-0.2, -0.15) is 0 Å². The fourth-order valence-electron chi connectivity index (χ4n) is 2.38. The van der Waals surface area contributed by atoms with E-state index < -0.39 is 0 Å². The summed E-state index contributed by atoms with van der Waals surface area (Å²) >= 11 is 1.68. The molecule has 1 fully saturated rings. The molecule has 0 aliphatic carbocycles. The maximum atomic E-state index is 12.3. The Kier molecular flexibility index (Phi) is 4.37. The summed E-state index contributed by atoms with van der Waals surface area (Å²) in [6.07, 6.45) is 0.892. The van der Waals surface area contributed by atoms with Gasteiger partial charge in [0.2, 0.25) is 5.91 Å². The van der Waals surface area contributed by atoms with Crippen molar-refractivity contribution in [3.05, 3.63) is 22.4 Å². The van der Waals surface area contributed by atoms with Crippen molar-refractivity contribution in [1.29, 1.82) is 0 Å². The number of nitrogens with zero attached hydrogens (tertiary/aromatic N) is 1. The Bertz CT molecular complexity index is 394. The van der Waals surface area contributed by atoms with Crippen LogP contribution in [-0.2, 0) is 9.53 Å². The van der Waals surface area contributed by atoms with Crippen LogP contribution in [0.2, 0.25) is 0 Å². The quantitative estimate of drug-likeness (QED) is 0.888. The second-order valence-electron chi connectivity index (χ2n) is 4.57. The van der Waals surface area contributed by atoms with Crippen LogP contribution in [-0.4, -0.2) is 36.6 Å². The first-order chi connectivity index (χ1) is 8.69. The number of rotatable bonds is 5. The van der Waals surface area contributed by atoms with Crippen LogP contribution in [0, 0.1) is 0 Å². The molecule has 0 radical (unpaired) electrons. The third-order valence-electron chi connectivity index (χ3n) is 3.35. The number of thiophene rings is 1. The number of nitrogens with one attached hydrogen (secondary N) is 1. The zero-order valence-electron chi connectivity index (χ0n) is 11.1. The first kappa shape index (κ1) is 13.5. The number of amides is 1. The predicted molar refractivity (Wildman–Crippen MR) is 72.5 cm³/mol. The first-order valence-electron chi connectivity index (χ1n) is 6.29. The molecule has 3 unspecified atom stereocenters. The topological polar surface area (TPSA) is 41.6 Å². The second kappa shape index (κ2) is 5.82. The van der Waals surface area contributed by atoms with E-state index >= 15 is 0 Å². The highest BCUT2D eigenvalue weighted by molar-refractivity contribution is 7.10. The van der Waals surface area contributed by atoms with Gasteiger partial charge in [-0.05, 0) is 24.8 Å². The molecule has 1 aromatic rings. The second-order valence-corrected chi connectivity index (χ2v) is 5.55. The van der Waals surface area contributed by atoms with Crippen LogP contribution < -0.4 is 5.32 Å². The molecule has 2 heterocycles. The van der Waals surface area contributed by atoms with Gasteiger partial charge in [-0.1, -0.05) is 13.0 Å². The van der Waals surface area contributed by atoms with Gasteiger partial charge in [0, 0.05) is 12.0 Å². The standard InChI is InChI=1S/C13H20N2O2S/c1-4-10(8-17-3)15-12(11-6-5-7-18-11)14-9(2)13(15)16/h5-7,9-10,12,14H,4,8H2,1-3H3. The van der Waals surface area contributed by atoms with Crippen molar-refractivity contribution >= 4 is 17.2 Å². The van der Waals surface area contributed by atoms with E-state index in [1.54, 1.807) is 18.4 Å². The van der Waals surface area contributed by atoms with Crippen LogP contribution in [0.25, 0.3) is 0 Å². The molecule has 100 valence electrons. The molecule has 3 atom stereocenters. The van der Waals surface area contributed by atoms with Gasteiger partial charge in [-0.15, -0.1) is 11.3 Å². The molecule has 2 rings (SSSR count). The van der Waals surface area contributed by atoms with Crippen molar-refractivity contribution in [1.82, 2.24) is 10.2 Å². The lowest BCUT2D eigenvalue weighted by Crippen LogP contribution is -2.42. The lowest BCUT2D eigenvalue weighted by molar-refractivity contribution is -0.133. The predicted octanol–water partition coefficient (Wildman–Crippen LogP) is 1.99. The van der Waals surface area contributed by atoms with E-state index in [9.17, 15) is 4.79 Å². The van der Waals surface area contributed by atoms with Crippen LogP contribution in [0.4, 0.5) is 0 Å². The van der Waals surface area contributed by atoms with Gasteiger partial charge >= 0.3 is 0 Å². The van der Waals surface area contributed by atoms with E-state index in [0.717, 1.165) is 6.42 Å². The molecule has 5 heteroatoms. The molecule has 0 spiro atoms. The Morgan fingerprint density at radius 1 is 1.61 bits per heavy atom. The van der Waals surface area contributed by atoms with E-state index in [2.05, 4.69) is 18.3 Å². The van der Waals surface area contributed by atoms with Gasteiger partial charge in [0.1, 0.15) is 6.17 Å². The highest BCUT2D eigenvalue weighted by Gasteiger charge is 2.40.